The van der Waals surface area contributed by atoms with Crippen LogP contribution in [0.15, 0.2) is 6.07 Å². The van der Waals surface area contributed by atoms with Crippen LogP contribution in [0, 0.1) is 0 Å². The molecule has 0 fully saturated rings. The van der Waals surface area contributed by atoms with Crippen LogP contribution in [0.1, 0.15) is 27.0 Å². The number of rotatable bonds is 4. The van der Waals surface area contributed by atoms with Gasteiger partial charge in [-0.15, -0.1) is 11.3 Å². The minimum absolute atomic E-state index is 0.0283. The van der Waals surface area contributed by atoms with E-state index in [9.17, 15) is 4.79 Å². The van der Waals surface area contributed by atoms with Gasteiger partial charge in [-0.1, -0.05) is 0 Å². The highest BCUT2D eigenvalue weighted by Gasteiger charge is 2.20. The third-order valence-electron chi connectivity index (χ3n) is 2.88. The Morgan fingerprint density at radius 3 is 3.06 bits per heavy atom. The third-order valence-corrected chi connectivity index (χ3v) is 5.11. The van der Waals surface area contributed by atoms with Crippen molar-refractivity contribution in [1.82, 2.24) is 4.90 Å². The van der Waals surface area contributed by atoms with Gasteiger partial charge >= 0.3 is 0 Å². The van der Waals surface area contributed by atoms with E-state index in [4.69, 9.17) is 5.11 Å². The average Bonchev–Trinajstić information content (AvgIpc) is 2.78. The van der Waals surface area contributed by atoms with Gasteiger partial charge in [0.25, 0.3) is 5.91 Å². The second kappa shape index (κ2) is 5.89. The number of hydrogen-bond donors (Lipinski definition) is 1. The van der Waals surface area contributed by atoms with Crippen LogP contribution in [0.5, 0.6) is 0 Å². The van der Waals surface area contributed by atoms with Gasteiger partial charge in [-0.05, 0) is 30.7 Å². The number of carbonyl (C=O) groups is 1. The molecule has 0 saturated heterocycles. The van der Waals surface area contributed by atoms with Crippen LogP contribution >= 0.6 is 23.1 Å². The number of hydrogen-bond acceptors (Lipinski definition) is 4. The maximum Gasteiger partial charge on any atom is 0.264 e. The van der Waals surface area contributed by atoms with Gasteiger partial charge in [-0.3, -0.25) is 4.79 Å². The summed E-state index contributed by atoms with van der Waals surface area (Å²) in [5, 5.41) is 8.93. The fraction of sp³-hybridized carbons (Fsp3) is 0.583. The molecular formula is C12H17NO2S2. The van der Waals surface area contributed by atoms with E-state index < -0.39 is 0 Å². The predicted octanol–water partition coefficient (Wildman–Crippen LogP) is 1.99. The van der Waals surface area contributed by atoms with Crippen LogP contribution in [0.3, 0.4) is 0 Å². The van der Waals surface area contributed by atoms with Crippen molar-refractivity contribution < 1.29 is 9.90 Å². The minimum Gasteiger partial charge on any atom is -0.395 e. The van der Waals surface area contributed by atoms with Crippen molar-refractivity contribution in [2.45, 2.75) is 19.1 Å². The van der Waals surface area contributed by atoms with Crippen LogP contribution in [0.2, 0.25) is 0 Å². The van der Waals surface area contributed by atoms with Gasteiger partial charge in [0, 0.05) is 23.7 Å². The van der Waals surface area contributed by atoms with Gasteiger partial charge in [-0.2, -0.15) is 11.8 Å². The monoisotopic (exact) mass is 271 g/mol. The van der Waals surface area contributed by atoms with Crippen molar-refractivity contribution in [2.75, 3.05) is 25.4 Å². The Morgan fingerprint density at radius 2 is 2.41 bits per heavy atom. The molecule has 0 bridgehead atoms. The van der Waals surface area contributed by atoms with Crippen molar-refractivity contribution in [3.63, 3.8) is 0 Å². The highest BCUT2D eigenvalue weighted by Crippen LogP contribution is 2.32. The fourth-order valence-corrected chi connectivity index (χ4v) is 4.27. The molecule has 0 unspecified atom stereocenters. The molecule has 1 aromatic heterocycles. The maximum atomic E-state index is 12.2. The second-order valence-electron chi connectivity index (χ2n) is 3.97. The summed E-state index contributed by atoms with van der Waals surface area (Å²) in [4.78, 5) is 16.1. The number of likely N-dealkylation sites (N-methyl/N-ethyl adjacent to an activating group) is 1. The molecule has 3 nitrogen and oxygen atoms in total. The summed E-state index contributed by atoms with van der Waals surface area (Å²) in [6.07, 6.45) is 1.09. The third kappa shape index (κ3) is 2.84. The molecule has 1 aliphatic heterocycles. The van der Waals surface area contributed by atoms with Gasteiger partial charge in [0.2, 0.25) is 0 Å². The number of fused-ring (bicyclic) bond motifs is 1. The first-order valence-electron chi connectivity index (χ1n) is 5.85. The number of amides is 1. The lowest BCUT2D eigenvalue weighted by Crippen LogP contribution is -2.32. The Balaban J connectivity index is 2.15. The lowest BCUT2D eigenvalue weighted by Gasteiger charge is -2.18. The largest absolute Gasteiger partial charge is 0.395 e. The van der Waals surface area contributed by atoms with E-state index in [0.29, 0.717) is 13.1 Å². The second-order valence-corrected chi connectivity index (χ2v) is 6.21. The smallest absolute Gasteiger partial charge is 0.264 e. The number of aryl methyl sites for hydroxylation is 1. The SMILES string of the molecule is CCN(CCO)C(=O)c1cc2c(s1)CCSC2. The maximum absolute atomic E-state index is 12.2. The van der Waals surface area contributed by atoms with Gasteiger partial charge in [-0.25, -0.2) is 0 Å². The van der Waals surface area contributed by atoms with Crippen LogP contribution in [-0.4, -0.2) is 41.4 Å². The van der Waals surface area contributed by atoms with E-state index in [0.717, 1.165) is 22.8 Å². The predicted molar refractivity (Wildman–Crippen MR) is 72.8 cm³/mol. The van der Waals surface area contributed by atoms with Crippen molar-refractivity contribution in [3.8, 4) is 0 Å². The Hall–Kier alpha value is -0.520. The summed E-state index contributed by atoms with van der Waals surface area (Å²) in [5.74, 6) is 2.26. The summed E-state index contributed by atoms with van der Waals surface area (Å²) >= 11 is 3.56. The Morgan fingerprint density at radius 1 is 1.59 bits per heavy atom. The molecule has 1 aliphatic rings. The molecule has 0 aliphatic carbocycles. The van der Waals surface area contributed by atoms with Crippen LogP contribution in [0.4, 0.5) is 0 Å². The molecule has 1 aromatic rings. The fourth-order valence-electron chi connectivity index (χ4n) is 1.93. The van der Waals surface area contributed by atoms with E-state index in [1.165, 1.54) is 10.4 Å². The van der Waals surface area contributed by atoms with Gasteiger partial charge < -0.3 is 10.0 Å². The molecule has 1 amide bonds. The molecule has 0 saturated carbocycles. The molecule has 2 heterocycles. The Kier molecular flexibility index (Phi) is 4.48. The zero-order valence-electron chi connectivity index (χ0n) is 9.94. The van der Waals surface area contributed by atoms with Crippen LogP contribution in [-0.2, 0) is 12.2 Å². The van der Waals surface area contributed by atoms with Gasteiger partial charge in [0.05, 0.1) is 11.5 Å². The van der Waals surface area contributed by atoms with Crippen molar-refractivity contribution >= 4 is 29.0 Å². The lowest BCUT2D eigenvalue weighted by atomic mass is 10.2. The van der Waals surface area contributed by atoms with E-state index in [1.54, 1.807) is 16.2 Å². The summed E-state index contributed by atoms with van der Waals surface area (Å²) in [6, 6.07) is 2.04. The normalized spacial score (nSPS) is 14.5. The molecule has 17 heavy (non-hydrogen) atoms. The summed E-state index contributed by atoms with van der Waals surface area (Å²) in [5.41, 5.74) is 1.33. The first-order valence-corrected chi connectivity index (χ1v) is 7.82. The van der Waals surface area contributed by atoms with E-state index in [-0.39, 0.29) is 12.5 Å². The zero-order valence-corrected chi connectivity index (χ0v) is 11.6. The molecule has 0 radical (unpaired) electrons. The molecule has 0 aromatic carbocycles. The van der Waals surface area contributed by atoms with Crippen molar-refractivity contribution in [2.24, 2.45) is 0 Å². The average molecular weight is 271 g/mol. The number of nitrogens with zero attached hydrogens (tertiary/aromatic N) is 1. The van der Waals surface area contributed by atoms with Crippen molar-refractivity contribution in [1.29, 1.82) is 0 Å². The van der Waals surface area contributed by atoms with Crippen molar-refractivity contribution in [3.05, 3.63) is 21.4 Å². The first kappa shape index (κ1) is 12.9. The topological polar surface area (TPSA) is 40.5 Å². The molecule has 0 atom stereocenters. The molecule has 0 spiro atoms. The Bertz CT molecular complexity index is 380. The van der Waals surface area contributed by atoms with E-state index in [2.05, 4.69) is 0 Å². The number of carbonyl (C=O) groups excluding carboxylic acids is 1. The molecular weight excluding hydrogens is 254 g/mol. The highest BCUT2D eigenvalue weighted by molar-refractivity contribution is 7.98. The number of thioether (sulfide) groups is 1. The minimum atomic E-state index is 0.0283. The highest BCUT2D eigenvalue weighted by atomic mass is 32.2. The molecule has 1 N–H and O–H groups in total. The van der Waals surface area contributed by atoms with Gasteiger partial charge in [0.1, 0.15) is 0 Å². The summed E-state index contributed by atoms with van der Waals surface area (Å²) in [7, 11) is 0. The first-order chi connectivity index (χ1) is 8.26. The zero-order chi connectivity index (χ0) is 12.3. The molecule has 2 rings (SSSR count). The number of thiophene rings is 1. The molecule has 5 heteroatoms. The van der Waals surface area contributed by atoms with Crippen LogP contribution < -0.4 is 0 Å². The lowest BCUT2D eigenvalue weighted by molar-refractivity contribution is 0.0737. The van der Waals surface area contributed by atoms with Crippen LogP contribution in [0.25, 0.3) is 0 Å². The quantitative estimate of drug-likeness (QED) is 0.910. The van der Waals surface area contributed by atoms with Gasteiger partial charge in [0.15, 0.2) is 0 Å². The molecule has 94 valence electrons. The summed E-state index contributed by atoms with van der Waals surface area (Å²) < 4.78 is 0. The standard InChI is InChI=1S/C12H17NO2S2/c1-2-13(4-5-14)12(15)11-7-9-8-16-6-3-10(9)17-11/h7,14H,2-6,8H2,1H3. The number of aliphatic hydroxyl groups excluding tert-OH is 1. The summed E-state index contributed by atoms with van der Waals surface area (Å²) in [6.45, 7) is 3.04. The van der Waals surface area contributed by atoms with E-state index in [1.807, 2.05) is 24.8 Å². The number of aliphatic hydroxyl groups is 1. The Labute approximate surface area is 110 Å². The van der Waals surface area contributed by atoms with E-state index >= 15 is 0 Å².